The Morgan fingerprint density at radius 1 is 1.39 bits per heavy atom. The summed E-state index contributed by atoms with van der Waals surface area (Å²) in [6.07, 6.45) is 1.20. The number of ether oxygens (including phenoxy) is 1. The van der Waals surface area contributed by atoms with E-state index < -0.39 is 0 Å². The Kier molecular flexibility index (Phi) is 6.82. The van der Waals surface area contributed by atoms with Crippen molar-refractivity contribution in [3.8, 4) is 0 Å². The zero-order valence-corrected chi connectivity index (χ0v) is 12.8. The molecular formula is C14H21BrFNO. The summed E-state index contributed by atoms with van der Waals surface area (Å²) in [6.45, 7) is 7.53. The summed E-state index contributed by atoms with van der Waals surface area (Å²) < 4.78 is 19.7. The van der Waals surface area contributed by atoms with Crippen molar-refractivity contribution in [3.05, 3.63) is 34.1 Å². The first-order chi connectivity index (χ1) is 8.56. The molecule has 1 N–H and O–H groups in total. The minimum Gasteiger partial charge on any atom is -0.377 e. The van der Waals surface area contributed by atoms with Gasteiger partial charge in [-0.25, -0.2) is 4.39 Å². The van der Waals surface area contributed by atoms with E-state index in [4.69, 9.17) is 4.74 Å². The lowest BCUT2D eigenvalue weighted by molar-refractivity contribution is 0.0609. The highest BCUT2D eigenvalue weighted by Gasteiger charge is 2.16. The zero-order valence-electron chi connectivity index (χ0n) is 11.2. The summed E-state index contributed by atoms with van der Waals surface area (Å²) >= 11 is 3.31. The van der Waals surface area contributed by atoms with Crippen LogP contribution in [0.4, 0.5) is 4.39 Å². The first-order valence-corrected chi connectivity index (χ1v) is 7.14. The molecule has 0 spiro atoms. The second-order valence-corrected chi connectivity index (χ2v) is 5.32. The first kappa shape index (κ1) is 15.6. The molecule has 0 aliphatic rings. The summed E-state index contributed by atoms with van der Waals surface area (Å²) in [5.74, 6) is -0.236. The van der Waals surface area contributed by atoms with Gasteiger partial charge < -0.3 is 10.1 Å². The SMILES string of the molecule is CCCNC(COC(C)C)c1cccc(F)c1Br. The zero-order chi connectivity index (χ0) is 13.5. The van der Waals surface area contributed by atoms with E-state index >= 15 is 0 Å². The number of halogens is 2. The quantitative estimate of drug-likeness (QED) is 0.819. The molecule has 1 aromatic rings. The molecule has 0 radical (unpaired) electrons. The van der Waals surface area contributed by atoms with Gasteiger partial charge in [-0.3, -0.25) is 0 Å². The van der Waals surface area contributed by atoms with Gasteiger partial charge in [0.05, 0.1) is 23.2 Å². The van der Waals surface area contributed by atoms with E-state index in [0.29, 0.717) is 11.1 Å². The molecule has 0 amide bonds. The third-order valence-corrected chi connectivity index (χ3v) is 3.43. The molecule has 0 aromatic heterocycles. The van der Waals surface area contributed by atoms with Crippen LogP contribution < -0.4 is 5.32 Å². The van der Waals surface area contributed by atoms with E-state index in [0.717, 1.165) is 18.5 Å². The van der Waals surface area contributed by atoms with Crippen LogP contribution in [-0.4, -0.2) is 19.3 Å². The van der Waals surface area contributed by atoms with Gasteiger partial charge in [0.2, 0.25) is 0 Å². The van der Waals surface area contributed by atoms with Crippen molar-refractivity contribution in [3.63, 3.8) is 0 Å². The lowest BCUT2D eigenvalue weighted by Crippen LogP contribution is -2.28. The van der Waals surface area contributed by atoms with E-state index in [9.17, 15) is 4.39 Å². The van der Waals surface area contributed by atoms with Gasteiger partial charge in [-0.05, 0) is 54.4 Å². The molecule has 0 saturated heterocycles. The number of rotatable bonds is 7. The molecular weight excluding hydrogens is 297 g/mol. The normalized spacial score (nSPS) is 13.0. The van der Waals surface area contributed by atoms with Gasteiger partial charge in [-0.2, -0.15) is 0 Å². The Labute approximate surface area is 117 Å². The lowest BCUT2D eigenvalue weighted by atomic mass is 10.1. The molecule has 0 aliphatic heterocycles. The molecule has 0 saturated carbocycles. The Hall–Kier alpha value is -0.450. The van der Waals surface area contributed by atoms with E-state index in [2.05, 4.69) is 28.2 Å². The van der Waals surface area contributed by atoms with Gasteiger partial charge in [0.1, 0.15) is 5.82 Å². The third-order valence-electron chi connectivity index (χ3n) is 2.59. The third kappa shape index (κ3) is 4.67. The Bertz CT molecular complexity index is 371. The second-order valence-electron chi connectivity index (χ2n) is 4.53. The van der Waals surface area contributed by atoms with Crippen LogP contribution >= 0.6 is 15.9 Å². The smallest absolute Gasteiger partial charge is 0.137 e. The van der Waals surface area contributed by atoms with E-state index in [1.807, 2.05) is 19.9 Å². The molecule has 18 heavy (non-hydrogen) atoms. The lowest BCUT2D eigenvalue weighted by Gasteiger charge is -2.21. The van der Waals surface area contributed by atoms with Crippen LogP contribution in [0.25, 0.3) is 0 Å². The Balaban J connectivity index is 2.83. The van der Waals surface area contributed by atoms with Crippen LogP contribution in [0, 0.1) is 5.82 Å². The van der Waals surface area contributed by atoms with Gasteiger partial charge >= 0.3 is 0 Å². The van der Waals surface area contributed by atoms with Crippen molar-refractivity contribution >= 4 is 15.9 Å². The van der Waals surface area contributed by atoms with Gasteiger partial charge in [-0.15, -0.1) is 0 Å². The number of hydrogen-bond acceptors (Lipinski definition) is 2. The summed E-state index contributed by atoms with van der Waals surface area (Å²) in [5.41, 5.74) is 0.907. The number of nitrogens with one attached hydrogen (secondary N) is 1. The summed E-state index contributed by atoms with van der Waals surface area (Å²) in [5, 5.41) is 3.39. The van der Waals surface area contributed by atoms with Crippen molar-refractivity contribution in [1.29, 1.82) is 0 Å². The molecule has 0 heterocycles. The highest BCUT2D eigenvalue weighted by Crippen LogP contribution is 2.26. The van der Waals surface area contributed by atoms with Crippen molar-refractivity contribution < 1.29 is 9.13 Å². The molecule has 2 nitrogen and oxygen atoms in total. The Morgan fingerprint density at radius 2 is 2.11 bits per heavy atom. The monoisotopic (exact) mass is 317 g/mol. The number of hydrogen-bond donors (Lipinski definition) is 1. The van der Waals surface area contributed by atoms with Crippen LogP contribution in [0.1, 0.15) is 38.8 Å². The molecule has 0 aliphatic carbocycles. The minimum absolute atomic E-state index is 0.0115. The fourth-order valence-corrected chi connectivity index (χ4v) is 2.20. The maximum Gasteiger partial charge on any atom is 0.137 e. The van der Waals surface area contributed by atoms with Gasteiger partial charge in [0.25, 0.3) is 0 Å². The van der Waals surface area contributed by atoms with Crippen LogP contribution in [0.5, 0.6) is 0 Å². The van der Waals surface area contributed by atoms with Crippen LogP contribution in [0.3, 0.4) is 0 Å². The van der Waals surface area contributed by atoms with Gasteiger partial charge in [0.15, 0.2) is 0 Å². The van der Waals surface area contributed by atoms with Crippen LogP contribution in [0.2, 0.25) is 0 Å². The number of benzene rings is 1. The molecule has 0 fully saturated rings. The largest absolute Gasteiger partial charge is 0.377 e. The van der Waals surface area contributed by atoms with Crippen molar-refractivity contribution in [2.75, 3.05) is 13.2 Å². The highest BCUT2D eigenvalue weighted by atomic mass is 79.9. The first-order valence-electron chi connectivity index (χ1n) is 6.35. The summed E-state index contributed by atoms with van der Waals surface area (Å²) in [4.78, 5) is 0. The fraction of sp³-hybridized carbons (Fsp3) is 0.571. The van der Waals surface area contributed by atoms with E-state index in [1.165, 1.54) is 6.07 Å². The van der Waals surface area contributed by atoms with Crippen LogP contribution in [0.15, 0.2) is 22.7 Å². The van der Waals surface area contributed by atoms with Crippen LogP contribution in [-0.2, 0) is 4.74 Å². The Morgan fingerprint density at radius 3 is 2.72 bits per heavy atom. The van der Waals surface area contributed by atoms with E-state index in [1.54, 1.807) is 6.07 Å². The minimum atomic E-state index is -0.236. The summed E-state index contributed by atoms with van der Waals surface area (Å²) in [6, 6.07) is 5.11. The molecule has 0 bridgehead atoms. The predicted octanol–water partition coefficient (Wildman–Crippen LogP) is 4.05. The standard InChI is InChI=1S/C14H21BrFNO/c1-4-8-17-13(9-18-10(2)3)11-6-5-7-12(16)14(11)15/h5-7,10,13,17H,4,8-9H2,1-3H3. The second kappa shape index (κ2) is 7.87. The predicted molar refractivity (Wildman–Crippen MR) is 76.2 cm³/mol. The average Bonchev–Trinajstić information content (AvgIpc) is 2.33. The van der Waals surface area contributed by atoms with E-state index in [-0.39, 0.29) is 18.0 Å². The molecule has 1 aromatic carbocycles. The maximum atomic E-state index is 13.5. The van der Waals surface area contributed by atoms with Crippen molar-refractivity contribution in [2.45, 2.75) is 39.3 Å². The molecule has 102 valence electrons. The molecule has 1 rings (SSSR count). The highest BCUT2D eigenvalue weighted by molar-refractivity contribution is 9.10. The van der Waals surface area contributed by atoms with Crippen molar-refractivity contribution in [2.24, 2.45) is 0 Å². The van der Waals surface area contributed by atoms with Gasteiger partial charge in [0, 0.05) is 0 Å². The fourth-order valence-electron chi connectivity index (χ4n) is 1.66. The maximum absolute atomic E-state index is 13.5. The molecule has 4 heteroatoms. The molecule has 1 unspecified atom stereocenters. The average molecular weight is 318 g/mol. The topological polar surface area (TPSA) is 21.3 Å². The summed E-state index contributed by atoms with van der Waals surface area (Å²) in [7, 11) is 0. The van der Waals surface area contributed by atoms with Gasteiger partial charge in [-0.1, -0.05) is 19.1 Å². The molecule has 1 atom stereocenters. The van der Waals surface area contributed by atoms with Crippen molar-refractivity contribution in [1.82, 2.24) is 5.32 Å².